The number of ether oxygens (including phenoxy) is 2. The number of imidazole rings is 2. The van der Waals surface area contributed by atoms with Gasteiger partial charge < -0.3 is 18.6 Å². The number of aromatic nitrogens is 4. The molecular weight excluding hydrogens is 440 g/mol. The molecule has 2 aliphatic rings. The van der Waals surface area contributed by atoms with Crippen LogP contribution in [-0.2, 0) is 25.3 Å². The molecule has 3 heterocycles. The molecular formula is C19H18F4N4O3S. The van der Waals surface area contributed by atoms with Crippen LogP contribution >= 0.6 is 0 Å². The van der Waals surface area contributed by atoms with Crippen LogP contribution in [0.3, 0.4) is 0 Å². The van der Waals surface area contributed by atoms with E-state index in [1.54, 1.807) is 25.6 Å². The minimum atomic E-state index is -4.81. The molecule has 3 aromatic rings. The maximum absolute atomic E-state index is 13.6. The first-order valence-corrected chi connectivity index (χ1v) is 11.0. The van der Waals surface area contributed by atoms with Crippen molar-refractivity contribution in [2.24, 2.45) is 14.1 Å². The van der Waals surface area contributed by atoms with Gasteiger partial charge >= 0.3 is 12.2 Å². The van der Waals surface area contributed by atoms with Crippen LogP contribution in [0.2, 0.25) is 0 Å². The topological polar surface area (TPSA) is 77.2 Å². The number of alkyl halides is 4. The highest BCUT2D eigenvalue weighted by Crippen LogP contribution is 2.48. The SMILES string of the molecule is CC[S+]([O-])c1c(-c2nc3cc4c(cc3n2C)OC(F)(F)C(F)(F)O4)nc(C2CC2)n1C. The molecule has 31 heavy (non-hydrogen) atoms. The smallest absolute Gasteiger partial charge is 0.507 e. The highest BCUT2D eigenvalue weighted by atomic mass is 32.2. The zero-order chi connectivity index (χ0) is 22.3. The van der Waals surface area contributed by atoms with E-state index >= 15 is 0 Å². The van der Waals surface area contributed by atoms with Crippen molar-refractivity contribution in [1.29, 1.82) is 0 Å². The lowest BCUT2D eigenvalue weighted by Crippen LogP contribution is -2.52. The van der Waals surface area contributed by atoms with Gasteiger partial charge in [-0.15, -0.1) is 0 Å². The number of aryl methyl sites for hydroxylation is 1. The van der Waals surface area contributed by atoms with Gasteiger partial charge in [-0.25, -0.2) is 9.97 Å². The predicted octanol–water partition coefficient (Wildman–Crippen LogP) is 3.94. The van der Waals surface area contributed by atoms with Crippen LogP contribution in [0.5, 0.6) is 11.5 Å². The van der Waals surface area contributed by atoms with Crippen LogP contribution < -0.4 is 9.47 Å². The first-order chi connectivity index (χ1) is 14.5. The highest BCUT2D eigenvalue weighted by Gasteiger charge is 2.66. The largest absolute Gasteiger partial charge is 0.610 e. The lowest BCUT2D eigenvalue weighted by atomic mass is 10.2. The Balaban J connectivity index is 1.68. The van der Waals surface area contributed by atoms with E-state index in [1.165, 1.54) is 6.07 Å². The summed E-state index contributed by atoms with van der Waals surface area (Å²) in [7, 11) is 3.44. The van der Waals surface area contributed by atoms with Crippen molar-refractivity contribution in [3.8, 4) is 23.0 Å². The summed E-state index contributed by atoms with van der Waals surface area (Å²) in [4.78, 5) is 9.17. The van der Waals surface area contributed by atoms with E-state index in [9.17, 15) is 22.1 Å². The quantitative estimate of drug-likeness (QED) is 0.437. The first-order valence-electron chi connectivity index (χ1n) is 9.63. The Labute approximate surface area is 177 Å². The van der Waals surface area contributed by atoms with Crippen molar-refractivity contribution < 1.29 is 31.6 Å². The minimum Gasteiger partial charge on any atom is -0.610 e. The van der Waals surface area contributed by atoms with Gasteiger partial charge in [0.25, 0.3) is 5.03 Å². The maximum Gasteiger partial charge on any atom is 0.507 e. The summed E-state index contributed by atoms with van der Waals surface area (Å²) in [5.41, 5.74) is 0.997. The number of halogens is 4. The molecule has 0 amide bonds. The fourth-order valence-electron chi connectivity index (χ4n) is 3.72. The molecule has 1 saturated carbocycles. The molecule has 1 aliphatic carbocycles. The van der Waals surface area contributed by atoms with E-state index in [0.717, 1.165) is 24.7 Å². The Bertz CT molecular complexity index is 1200. The van der Waals surface area contributed by atoms with Crippen molar-refractivity contribution >= 4 is 22.2 Å². The van der Waals surface area contributed by atoms with Gasteiger partial charge in [-0.1, -0.05) is 0 Å². The van der Waals surface area contributed by atoms with Gasteiger partial charge in [0.2, 0.25) is 0 Å². The molecule has 1 aliphatic heterocycles. The average molecular weight is 458 g/mol. The Morgan fingerprint density at radius 3 is 2.26 bits per heavy atom. The predicted molar refractivity (Wildman–Crippen MR) is 103 cm³/mol. The fraction of sp³-hybridized carbons (Fsp3) is 0.474. The Hall–Kier alpha value is -2.47. The van der Waals surface area contributed by atoms with Crippen LogP contribution in [0.15, 0.2) is 17.2 Å². The summed E-state index contributed by atoms with van der Waals surface area (Å²) >= 11 is -1.34. The molecule has 0 saturated heterocycles. The number of hydrogen-bond donors (Lipinski definition) is 0. The van der Waals surface area contributed by atoms with E-state index in [2.05, 4.69) is 14.5 Å². The molecule has 1 atom stereocenters. The molecule has 0 radical (unpaired) electrons. The van der Waals surface area contributed by atoms with Crippen LogP contribution in [-0.4, -0.2) is 41.6 Å². The molecule has 1 unspecified atom stereocenters. The Morgan fingerprint density at radius 1 is 1.06 bits per heavy atom. The molecule has 1 fully saturated rings. The number of benzene rings is 1. The molecule has 12 heteroatoms. The summed E-state index contributed by atoms with van der Waals surface area (Å²) in [6, 6.07) is 2.30. The average Bonchev–Trinajstić information content (AvgIpc) is 3.41. The van der Waals surface area contributed by atoms with Gasteiger partial charge in [0.1, 0.15) is 11.6 Å². The van der Waals surface area contributed by atoms with Crippen molar-refractivity contribution in [3.05, 3.63) is 18.0 Å². The van der Waals surface area contributed by atoms with Crippen molar-refractivity contribution in [2.45, 2.75) is 42.9 Å². The maximum atomic E-state index is 13.6. The van der Waals surface area contributed by atoms with Crippen LogP contribution in [0, 0.1) is 0 Å². The van der Waals surface area contributed by atoms with E-state index in [0.29, 0.717) is 33.7 Å². The second kappa shape index (κ2) is 6.52. The lowest BCUT2D eigenvalue weighted by molar-refractivity contribution is -0.391. The van der Waals surface area contributed by atoms with E-state index in [4.69, 9.17) is 4.98 Å². The molecule has 166 valence electrons. The fourth-order valence-corrected chi connectivity index (χ4v) is 4.74. The standard InChI is InChI=1S/C19H18F4N4O3S/c1-4-31(28)17-14(25-15(27(17)3)9-5-6-9)16-24-10-7-12-13(8-11(10)26(16)2)30-19(22,23)18(20,21)29-12/h7-9H,4-6H2,1-3H3. The molecule has 5 rings (SSSR count). The highest BCUT2D eigenvalue weighted by molar-refractivity contribution is 7.91. The van der Waals surface area contributed by atoms with Gasteiger partial charge in [0, 0.05) is 43.3 Å². The third kappa shape index (κ3) is 2.99. The third-order valence-corrected chi connectivity index (χ3v) is 6.89. The van der Waals surface area contributed by atoms with Crippen LogP contribution in [0.25, 0.3) is 22.6 Å². The van der Waals surface area contributed by atoms with Crippen LogP contribution in [0.4, 0.5) is 17.6 Å². The van der Waals surface area contributed by atoms with E-state index in [1.807, 2.05) is 4.57 Å². The zero-order valence-electron chi connectivity index (χ0n) is 16.8. The summed E-state index contributed by atoms with van der Waals surface area (Å²) in [5, 5.41) is 0.512. The van der Waals surface area contributed by atoms with Gasteiger partial charge in [0.05, 0.1) is 11.0 Å². The van der Waals surface area contributed by atoms with Gasteiger partial charge in [-0.05, 0) is 19.8 Å². The van der Waals surface area contributed by atoms with Gasteiger partial charge in [0.15, 0.2) is 23.0 Å². The number of rotatable bonds is 4. The van der Waals surface area contributed by atoms with Gasteiger partial charge in [-0.3, -0.25) is 4.57 Å². The van der Waals surface area contributed by atoms with Crippen molar-refractivity contribution in [1.82, 2.24) is 19.1 Å². The van der Waals surface area contributed by atoms with E-state index in [-0.39, 0.29) is 5.52 Å². The molecule has 1 aromatic carbocycles. The molecule has 0 bridgehead atoms. The summed E-state index contributed by atoms with van der Waals surface area (Å²) in [6.07, 6.45) is -7.62. The molecule has 7 nitrogen and oxygen atoms in total. The van der Waals surface area contributed by atoms with Crippen molar-refractivity contribution in [2.75, 3.05) is 5.75 Å². The van der Waals surface area contributed by atoms with E-state index < -0.39 is 34.9 Å². The lowest BCUT2D eigenvalue weighted by Gasteiger charge is -2.31. The Kier molecular flexibility index (Phi) is 4.30. The summed E-state index contributed by atoms with van der Waals surface area (Å²) in [6.45, 7) is 1.79. The first kappa shape index (κ1) is 20.4. The van der Waals surface area contributed by atoms with Crippen molar-refractivity contribution in [3.63, 3.8) is 0 Å². The Morgan fingerprint density at radius 2 is 1.68 bits per heavy atom. The second-order valence-electron chi connectivity index (χ2n) is 7.61. The molecule has 0 spiro atoms. The molecule has 2 aromatic heterocycles. The second-order valence-corrected chi connectivity index (χ2v) is 9.27. The van der Waals surface area contributed by atoms with Gasteiger partial charge in [-0.2, -0.15) is 17.6 Å². The summed E-state index contributed by atoms with van der Waals surface area (Å²) < 4.78 is 78.9. The third-order valence-electron chi connectivity index (χ3n) is 5.47. The number of fused-ring (bicyclic) bond motifs is 2. The van der Waals surface area contributed by atoms with Crippen LogP contribution in [0.1, 0.15) is 31.5 Å². The number of nitrogens with zero attached hydrogens (tertiary/aromatic N) is 4. The summed E-state index contributed by atoms with van der Waals surface area (Å²) in [5.74, 6) is 0.764. The molecule has 0 N–H and O–H groups in total. The number of hydrogen-bond acceptors (Lipinski definition) is 5. The zero-order valence-corrected chi connectivity index (χ0v) is 17.6. The monoisotopic (exact) mass is 458 g/mol. The normalized spacial score (nSPS) is 20.3. The minimum absolute atomic E-state index is 0.229.